The van der Waals surface area contributed by atoms with E-state index in [-0.39, 0.29) is 24.0 Å². The highest BCUT2D eigenvalue weighted by molar-refractivity contribution is 7.89. The van der Waals surface area contributed by atoms with Crippen molar-refractivity contribution < 1.29 is 22.7 Å². The summed E-state index contributed by atoms with van der Waals surface area (Å²) >= 11 is 0. The lowest BCUT2D eigenvalue weighted by Crippen LogP contribution is -2.18. The van der Waals surface area contributed by atoms with Crippen molar-refractivity contribution >= 4 is 21.6 Å². The summed E-state index contributed by atoms with van der Waals surface area (Å²) in [5, 5.41) is 2.81. The molecule has 1 aliphatic rings. The first-order valence-corrected chi connectivity index (χ1v) is 9.18. The Morgan fingerprint density at radius 3 is 2.52 bits per heavy atom. The summed E-state index contributed by atoms with van der Waals surface area (Å²) in [5.41, 5.74) is 1.53. The van der Waals surface area contributed by atoms with E-state index < -0.39 is 10.0 Å². The van der Waals surface area contributed by atoms with Crippen LogP contribution in [0.1, 0.15) is 12.0 Å². The number of ether oxygens (including phenoxy) is 2. The van der Waals surface area contributed by atoms with E-state index >= 15 is 0 Å². The molecule has 25 heavy (non-hydrogen) atoms. The summed E-state index contributed by atoms with van der Waals surface area (Å²) in [6.07, 6.45) is 0.794. The van der Waals surface area contributed by atoms with Gasteiger partial charge in [0.2, 0.25) is 22.7 Å². The quantitative estimate of drug-likeness (QED) is 0.818. The molecule has 2 aromatic carbocycles. The molecule has 2 N–H and O–H groups in total. The lowest BCUT2D eigenvalue weighted by Gasteiger charge is -2.07. The first kappa shape index (κ1) is 17.2. The minimum absolute atomic E-state index is 0.134. The van der Waals surface area contributed by atoms with Crippen molar-refractivity contribution in [3.05, 3.63) is 48.0 Å². The molecule has 0 aliphatic carbocycles. The molecule has 132 valence electrons. The molecule has 0 unspecified atom stereocenters. The van der Waals surface area contributed by atoms with Crippen molar-refractivity contribution in [1.29, 1.82) is 0 Å². The summed E-state index contributed by atoms with van der Waals surface area (Å²) in [7, 11) is -2.08. The molecule has 1 heterocycles. The zero-order valence-electron chi connectivity index (χ0n) is 13.6. The molecule has 0 saturated carbocycles. The van der Waals surface area contributed by atoms with Gasteiger partial charge in [-0.25, -0.2) is 13.1 Å². The topological polar surface area (TPSA) is 93.7 Å². The van der Waals surface area contributed by atoms with Crippen LogP contribution in [0.3, 0.4) is 0 Å². The van der Waals surface area contributed by atoms with E-state index in [0.717, 1.165) is 5.56 Å². The standard InChI is InChI=1S/C17H18N2O5S/c1-18-25(21,22)14-6-2-12(3-7-14)4-9-17(20)19-13-5-8-15-16(10-13)24-11-23-15/h2-3,5-8,10,18H,4,9,11H2,1H3,(H,19,20). The molecule has 0 radical (unpaired) electrons. The van der Waals surface area contributed by atoms with Gasteiger partial charge in [0.15, 0.2) is 11.5 Å². The minimum atomic E-state index is -3.44. The lowest BCUT2D eigenvalue weighted by atomic mass is 10.1. The van der Waals surface area contributed by atoms with E-state index in [1.807, 2.05) is 0 Å². The number of carbonyl (C=O) groups excluding carboxylic acids is 1. The van der Waals surface area contributed by atoms with E-state index in [4.69, 9.17) is 9.47 Å². The van der Waals surface area contributed by atoms with Gasteiger partial charge in [-0.3, -0.25) is 4.79 Å². The average molecular weight is 362 g/mol. The van der Waals surface area contributed by atoms with Gasteiger partial charge in [0.25, 0.3) is 0 Å². The number of rotatable bonds is 6. The summed E-state index contributed by atoms with van der Waals surface area (Å²) < 4.78 is 36.1. The van der Waals surface area contributed by atoms with Crippen LogP contribution in [0, 0.1) is 0 Å². The molecule has 1 aliphatic heterocycles. The van der Waals surface area contributed by atoms with Gasteiger partial charge in [-0.1, -0.05) is 12.1 Å². The van der Waals surface area contributed by atoms with Gasteiger partial charge in [0, 0.05) is 18.2 Å². The second kappa shape index (κ2) is 7.12. The fourth-order valence-electron chi connectivity index (χ4n) is 2.41. The molecule has 1 amide bonds. The molecule has 3 rings (SSSR count). The summed E-state index contributed by atoms with van der Waals surface area (Å²) in [6, 6.07) is 11.7. The number of carbonyl (C=O) groups is 1. The molecule has 0 aromatic heterocycles. The second-order valence-corrected chi connectivity index (χ2v) is 7.35. The minimum Gasteiger partial charge on any atom is -0.454 e. The highest BCUT2D eigenvalue weighted by atomic mass is 32.2. The number of amides is 1. The maximum atomic E-state index is 12.1. The highest BCUT2D eigenvalue weighted by Gasteiger charge is 2.14. The van der Waals surface area contributed by atoms with Crippen LogP contribution in [0.5, 0.6) is 11.5 Å². The number of hydrogen-bond acceptors (Lipinski definition) is 5. The van der Waals surface area contributed by atoms with Crippen molar-refractivity contribution in [2.75, 3.05) is 19.2 Å². The number of fused-ring (bicyclic) bond motifs is 1. The Morgan fingerprint density at radius 2 is 1.80 bits per heavy atom. The fourth-order valence-corrected chi connectivity index (χ4v) is 3.14. The van der Waals surface area contributed by atoms with E-state index in [1.165, 1.54) is 19.2 Å². The van der Waals surface area contributed by atoms with Crippen LogP contribution in [0.15, 0.2) is 47.4 Å². The van der Waals surface area contributed by atoms with Gasteiger partial charge in [0.05, 0.1) is 4.90 Å². The number of aryl methyl sites for hydroxylation is 1. The summed E-state index contributed by atoms with van der Waals surface area (Å²) in [6.45, 7) is 0.187. The Kier molecular flexibility index (Phi) is 4.91. The molecule has 0 atom stereocenters. The van der Waals surface area contributed by atoms with E-state index in [9.17, 15) is 13.2 Å². The van der Waals surface area contributed by atoms with Crippen molar-refractivity contribution in [2.24, 2.45) is 0 Å². The summed E-state index contributed by atoms with van der Waals surface area (Å²) in [4.78, 5) is 12.3. The molecule has 8 heteroatoms. The maximum Gasteiger partial charge on any atom is 0.240 e. The van der Waals surface area contributed by atoms with Crippen LogP contribution >= 0.6 is 0 Å². The lowest BCUT2D eigenvalue weighted by molar-refractivity contribution is -0.116. The number of sulfonamides is 1. The van der Waals surface area contributed by atoms with E-state index in [2.05, 4.69) is 10.0 Å². The monoisotopic (exact) mass is 362 g/mol. The Bertz CT molecular complexity index is 878. The molecule has 0 bridgehead atoms. The second-order valence-electron chi connectivity index (χ2n) is 5.47. The normalized spacial score (nSPS) is 12.8. The number of anilines is 1. The van der Waals surface area contributed by atoms with Crippen LogP contribution < -0.4 is 19.5 Å². The van der Waals surface area contributed by atoms with Crippen molar-refractivity contribution in [2.45, 2.75) is 17.7 Å². The first-order valence-electron chi connectivity index (χ1n) is 7.70. The number of nitrogens with one attached hydrogen (secondary N) is 2. The first-order chi connectivity index (χ1) is 12.0. The van der Waals surface area contributed by atoms with E-state index in [1.54, 1.807) is 30.3 Å². The molecular weight excluding hydrogens is 344 g/mol. The Balaban J connectivity index is 1.55. The van der Waals surface area contributed by atoms with Gasteiger partial charge in [-0.15, -0.1) is 0 Å². The van der Waals surface area contributed by atoms with Gasteiger partial charge in [0.1, 0.15) is 0 Å². The van der Waals surface area contributed by atoms with Crippen molar-refractivity contribution in [1.82, 2.24) is 4.72 Å². The maximum absolute atomic E-state index is 12.1. The predicted octanol–water partition coefficient (Wildman–Crippen LogP) is 1.89. The van der Waals surface area contributed by atoms with Crippen LogP contribution in [0.4, 0.5) is 5.69 Å². The number of benzene rings is 2. The van der Waals surface area contributed by atoms with Crippen LogP contribution in [0.25, 0.3) is 0 Å². The molecule has 0 spiro atoms. The molecule has 2 aromatic rings. The zero-order valence-corrected chi connectivity index (χ0v) is 14.4. The Hall–Kier alpha value is -2.58. The van der Waals surface area contributed by atoms with Gasteiger partial charge in [-0.2, -0.15) is 0 Å². The van der Waals surface area contributed by atoms with Crippen LogP contribution in [-0.4, -0.2) is 28.2 Å². The smallest absolute Gasteiger partial charge is 0.240 e. The van der Waals surface area contributed by atoms with Crippen LogP contribution in [0.2, 0.25) is 0 Å². The third-order valence-electron chi connectivity index (χ3n) is 3.80. The van der Waals surface area contributed by atoms with Crippen molar-refractivity contribution in [3.63, 3.8) is 0 Å². The van der Waals surface area contributed by atoms with Gasteiger partial charge < -0.3 is 14.8 Å². The molecular formula is C17H18N2O5S. The van der Waals surface area contributed by atoms with Gasteiger partial charge >= 0.3 is 0 Å². The third kappa shape index (κ3) is 4.09. The third-order valence-corrected chi connectivity index (χ3v) is 5.23. The van der Waals surface area contributed by atoms with Crippen LogP contribution in [-0.2, 0) is 21.2 Å². The Labute approximate surface area is 146 Å². The zero-order chi connectivity index (χ0) is 17.9. The molecule has 0 fully saturated rings. The SMILES string of the molecule is CNS(=O)(=O)c1ccc(CCC(=O)Nc2ccc3c(c2)OCO3)cc1. The largest absolute Gasteiger partial charge is 0.454 e. The summed E-state index contributed by atoms with van der Waals surface area (Å²) in [5.74, 6) is 1.14. The fraction of sp³-hybridized carbons (Fsp3) is 0.235. The predicted molar refractivity (Wildman–Crippen MR) is 92.2 cm³/mol. The molecule has 0 saturated heterocycles. The van der Waals surface area contributed by atoms with Crippen molar-refractivity contribution in [3.8, 4) is 11.5 Å². The molecule has 7 nitrogen and oxygen atoms in total. The average Bonchev–Trinajstić information content (AvgIpc) is 3.08. The number of hydrogen-bond donors (Lipinski definition) is 2. The Morgan fingerprint density at radius 1 is 1.08 bits per heavy atom. The highest BCUT2D eigenvalue weighted by Crippen LogP contribution is 2.34. The van der Waals surface area contributed by atoms with E-state index in [0.29, 0.717) is 23.6 Å². The van der Waals surface area contributed by atoms with Gasteiger partial charge in [-0.05, 0) is 43.3 Å².